The maximum atomic E-state index is 5.84. The topological polar surface area (TPSA) is 51.0 Å². The van der Waals surface area contributed by atoms with Crippen LogP contribution in [0.1, 0.15) is 30.1 Å². The van der Waals surface area contributed by atoms with Gasteiger partial charge in [-0.3, -0.25) is 0 Å². The van der Waals surface area contributed by atoms with Crippen molar-refractivity contribution in [2.24, 2.45) is 0 Å². The summed E-state index contributed by atoms with van der Waals surface area (Å²) >= 11 is 0. The average molecular weight is 267 g/mol. The molecule has 0 aliphatic carbocycles. The highest BCUT2D eigenvalue weighted by Crippen LogP contribution is 2.25. The number of nitrogens with zero attached hydrogens (tertiary/aromatic N) is 2. The van der Waals surface area contributed by atoms with E-state index in [2.05, 4.69) is 21.4 Å². The van der Waals surface area contributed by atoms with Crippen molar-refractivity contribution in [3.63, 3.8) is 0 Å². The van der Waals surface area contributed by atoms with Gasteiger partial charge >= 0.3 is 0 Å². The van der Waals surface area contributed by atoms with Crippen LogP contribution in [0.5, 0.6) is 0 Å². The summed E-state index contributed by atoms with van der Waals surface area (Å²) in [5, 5.41) is 4.39. The molecule has 20 heavy (non-hydrogen) atoms. The lowest BCUT2D eigenvalue weighted by Gasteiger charge is -2.11. The number of aromatic nitrogens is 2. The number of hydrogen-bond donors (Lipinski definition) is 1. The Morgan fingerprint density at radius 2 is 1.75 bits per heavy atom. The van der Waals surface area contributed by atoms with Crippen LogP contribution in [-0.4, -0.2) is 9.97 Å². The minimum absolute atomic E-state index is 0.0172. The standard InChI is InChI=1S/C16H17N3O/c1-10-8-11(2)18-16(17-10)19-12(3)15-9-13-6-4-5-7-14(13)20-15/h4-9,12H,1-3H3,(H,17,18,19). The van der Waals surface area contributed by atoms with E-state index in [0.29, 0.717) is 5.95 Å². The fraction of sp³-hybridized carbons (Fsp3) is 0.250. The predicted molar refractivity (Wildman–Crippen MR) is 79.8 cm³/mol. The van der Waals surface area contributed by atoms with E-state index in [1.165, 1.54) is 0 Å². The Balaban J connectivity index is 1.86. The molecule has 0 spiro atoms. The van der Waals surface area contributed by atoms with Gasteiger partial charge in [-0.25, -0.2) is 9.97 Å². The molecular weight excluding hydrogens is 250 g/mol. The summed E-state index contributed by atoms with van der Waals surface area (Å²) in [7, 11) is 0. The number of rotatable bonds is 3. The van der Waals surface area contributed by atoms with Crippen LogP contribution in [-0.2, 0) is 0 Å². The molecule has 2 heterocycles. The Morgan fingerprint density at radius 1 is 1.05 bits per heavy atom. The summed E-state index contributed by atoms with van der Waals surface area (Å²) in [4.78, 5) is 8.78. The monoisotopic (exact) mass is 267 g/mol. The molecule has 4 heteroatoms. The first-order valence-corrected chi connectivity index (χ1v) is 6.69. The van der Waals surface area contributed by atoms with Gasteiger partial charge in [0.15, 0.2) is 0 Å². The van der Waals surface area contributed by atoms with Crippen molar-refractivity contribution in [3.8, 4) is 0 Å². The Morgan fingerprint density at radius 3 is 2.45 bits per heavy atom. The highest BCUT2D eigenvalue weighted by atomic mass is 16.3. The van der Waals surface area contributed by atoms with Crippen molar-refractivity contribution in [2.45, 2.75) is 26.8 Å². The van der Waals surface area contributed by atoms with Crippen LogP contribution in [0.4, 0.5) is 5.95 Å². The second-order valence-electron chi connectivity index (χ2n) is 5.03. The molecule has 1 aromatic carbocycles. The molecular formula is C16H17N3O. The van der Waals surface area contributed by atoms with Gasteiger partial charge in [0.05, 0.1) is 6.04 Å². The van der Waals surface area contributed by atoms with E-state index in [4.69, 9.17) is 4.42 Å². The molecule has 3 aromatic rings. The fourth-order valence-corrected chi connectivity index (χ4v) is 2.27. The first-order chi connectivity index (χ1) is 9.61. The molecule has 0 amide bonds. The van der Waals surface area contributed by atoms with E-state index in [-0.39, 0.29) is 6.04 Å². The minimum Gasteiger partial charge on any atom is -0.459 e. The molecule has 3 rings (SSSR count). The van der Waals surface area contributed by atoms with Gasteiger partial charge in [0.1, 0.15) is 11.3 Å². The number of nitrogens with one attached hydrogen (secondary N) is 1. The molecule has 0 aliphatic heterocycles. The van der Waals surface area contributed by atoms with Crippen molar-refractivity contribution in [1.29, 1.82) is 0 Å². The smallest absolute Gasteiger partial charge is 0.223 e. The Bertz CT molecular complexity index is 695. The lowest BCUT2D eigenvalue weighted by atomic mass is 10.2. The zero-order chi connectivity index (χ0) is 14.1. The SMILES string of the molecule is Cc1cc(C)nc(NC(C)c2cc3ccccc3o2)n1. The van der Waals surface area contributed by atoms with Gasteiger partial charge in [-0.05, 0) is 39.0 Å². The molecule has 2 aromatic heterocycles. The second-order valence-corrected chi connectivity index (χ2v) is 5.03. The lowest BCUT2D eigenvalue weighted by molar-refractivity contribution is 0.524. The number of aryl methyl sites for hydroxylation is 2. The summed E-state index contributed by atoms with van der Waals surface area (Å²) < 4.78 is 5.84. The molecule has 0 fully saturated rings. The van der Waals surface area contributed by atoms with Gasteiger partial charge in [-0.15, -0.1) is 0 Å². The lowest BCUT2D eigenvalue weighted by Crippen LogP contribution is -2.09. The fourth-order valence-electron chi connectivity index (χ4n) is 2.27. The zero-order valence-corrected chi connectivity index (χ0v) is 11.8. The van der Waals surface area contributed by atoms with Crippen molar-refractivity contribution in [2.75, 3.05) is 5.32 Å². The van der Waals surface area contributed by atoms with E-state index in [1.54, 1.807) is 0 Å². The third-order valence-electron chi connectivity index (χ3n) is 3.20. The summed E-state index contributed by atoms with van der Waals surface area (Å²) in [5.74, 6) is 1.52. The Hall–Kier alpha value is -2.36. The van der Waals surface area contributed by atoms with E-state index >= 15 is 0 Å². The third-order valence-corrected chi connectivity index (χ3v) is 3.20. The van der Waals surface area contributed by atoms with E-state index < -0.39 is 0 Å². The molecule has 4 nitrogen and oxygen atoms in total. The van der Waals surface area contributed by atoms with E-state index in [0.717, 1.165) is 28.1 Å². The van der Waals surface area contributed by atoms with Crippen molar-refractivity contribution in [3.05, 3.63) is 53.5 Å². The van der Waals surface area contributed by atoms with Gasteiger partial charge in [-0.1, -0.05) is 18.2 Å². The predicted octanol–water partition coefficient (Wildman–Crippen LogP) is 4.01. The summed E-state index contributed by atoms with van der Waals surface area (Å²) in [5.41, 5.74) is 2.81. The normalized spacial score (nSPS) is 12.6. The first-order valence-electron chi connectivity index (χ1n) is 6.69. The molecule has 0 saturated heterocycles. The molecule has 0 radical (unpaired) electrons. The van der Waals surface area contributed by atoms with Gasteiger partial charge in [0, 0.05) is 16.8 Å². The van der Waals surface area contributed by atoms with Gasteiger partial charge in [-0.2, -0.15) is 0 Å². The molecule has 0 aliphatic rings. The van der Waals surface area contributed by atoms with Crippen LogP contribution in [0.25, 0.3) is 11.0 Å². The summed E-state index contributed by atoms with van der Waals surface area (Å²) in [6.07, 6.45) is 0. The van der Waals surface area contributed by atoms with Crippen molar-refractivity contribution < 1.29 is 4.42 Å². The summed E-state index contributed by atoms with van der Waals surface area (Å²) in [6.45, 7) is 5.97. The maximum Gasteiger partial charge on any atom is 0.223 e. The van der Waals surface area contributed by atoms with Crippen molar-refractivity contribution in [1.82, 2.24) is 9.97 Å². The van der Waals surface area contributed by atoms with E-state index in [1.807, 2.05) is 51.1 Å². The quantitative estimate of drug-likeness (QED) is 0.779. The van der Waals surface area contributed by atoms with E-state index in [9.17, 15) is 0 Å². The second kappa shape index (κ2) is 4.96. The minimum atomic E-state index is 0.0172. The molecule has 1 atom stereocenters. The maximum absolute atomic E-state index is 5.84. The molecule has 1 unspecified atom stereocenters. The molecule has 102 valence electrons. The van der Waals surface area contributed by atoms with Crippen LogP contribution in [0.15, 0.2) is 40.8 Å². The van der Waals surface area contributed by atoms with Crippen LogP contribution < -0.4 is 5.32 Å². The largest absolute Gasteiger partial charge is 0.459 e. The van der Waals surface area contributed by atoms with Gasteiger partial charge in [0.2, 0.25) is 5.95 Å². The summed E-state index contributed by atoms with van der Waals surface area (Å²) in [6, 6.07) is 12.0. The Labute approximate surface area is 117 Å². The van der Waals surface area contributed by atoms with Gasteiger partial charge < -0.3 is 9.73 Å². The number of furan rings is 1. The Kier molecular flexibility index (Phi) is 3.14. The highest BCUT2D eigenvalue weighted by Gasteiger charge is 2.12. The third kappa shape index (κ3) is 2.50. The van der Waals surface area contributed by atoms with Crippen LogP contribution in [0.2, 0.25) is 0 Å². The number of para-hydroxylation sites is 1. The van der Waals surface area contributed by atoms with Crippen LogP contribution >= 0.6 is 0 Å². The highest BCUT2D eigenvalue weighted by molar-refractivity contribution is 5.77. The zero-order valence-electron chi connectivity index (χ0n) is 11.8. The average Bonchev–Trinajstić information content (AvgIpc) is 2.81. The molecule has 0 saturated carbocycles. The van der Waals surface area contributed by atoms with Crippen molar-refractivity contribution >= 4 is 16.9 Å². The number of hydrogen-bond acceptors (Lipinski definition) is 4. The van der Waals surface area contributed by atoms with Crippen LogP contribution in [0.3, 0.4) is 0 Å². The van der Waals surface area contributed by atoms with Crippen LogP contribution in [0, 0.1) is 13.8 Å². The first kappa shape index (κ1) is 12.7. The molecule has 1 N–H and O–H groups in total. The number of anilines is 1. The number of benzene rings is 1. The van der Waals surface area contributed by atoms with Gasteiger partial charge in [0.25, 0.3) is 0 Å². The molecule has 0 bridgehead atoms. The number of fused-ring (bicyclic) bond motifs is 1.